The molecule has 0 saturated heterocycles. The number of nitrogens with two attached hydrogens (primary N) is 1. The number of carbonyl (C=O) groups is 1. The molecule has 0 aliphatic heterocycles. The van der Waals surface area contributed by atoms with Gasteiger partial charge in [-0.25, -0.2) is 4.98 Å². The Labute approximate surface area is 77.3 Å². The molecule has 0 fully saturated rings. The molecular formula is C5H5N3O2S2. The van der Waals surface area contributed by atoms with Crippen LogP contribution in [0.5, 0.6) is 0 Å². The zero-order valence-electron chi connectivity index (χ0n) is 5.76. The lowest BCUT2D eigenvalue weighted by molar-refractivity contribution is -0.105. The number of nitrogens with zero attached hydrogens (tertiary/aromatic N) is 2. The van der Waals surface area contributed by atoms with E-state index in [1.54, 1.807) is 0 Å². The van der Waals surface area contributed by atoms with Crippen LogP contribution in [0.4, 0.5) is 5.13 Å². The van der Waals surface area contributed by atoms with Crippen molar-refractivity contribution in [3.05, 3.63) is 11.1 Å². The van der Waals surface area contributed by atoms with Crippen LogP contribution in [0.15, 0.2) is 10.5 Å². The Morgan fingerprint density at radius 3 is 2.83 bits per heavy atom. The van der Waals surface area contributed by atoms with E-state index < -0.39 is 5.12 Å². The molecule has 0 aliphatic carbocycles. The minimum absolute atomic E-state index is 0.203. The summed E-state index contributed by atoms with van der Waals surface area (Å²) in [5.74, 6) is 0. The van der Waals surface area contributed by atoms with Gasteiger partial charge >= 0.3 is 0 Å². The van der Waals surface area contributed by atoms with Gasteiger partial charge in [-0.2, -0.15) is 0 Å². The van der Waals surface area contributed by atoms with Crippen LogP contribution in [0.1, 0.15) is 5.69 Å². The van der Waals surface area contributed by atoms with Crippen molar-refractivity contribution in [2.75, 3.05) is 5.73 Å². The fourth-order valence-electron chi connectivity index (χ4n) is 0.600. The van der Waals surface area contributed by atoms with Gasteiger partial charge in [-0.3, -0.25) is 4.79 Å². The van der Waals surface area contributed by atoms with Gasteiger partial charge < -0.3 is 10.9 Å². The fourth-order valence-corrected chi connectivity index (χ4v) is 1.31. The van der Waals surface area contributed by atoms with Gasteiger partial charge in [0.05, 0.1) is 0 Å². The molecular weight excluding hydrogens is 198 g/mol. The number of anilines is 1. The van der Waals surface area contributed by atoms with Crippen molar-refractivity contribution in [1.82, 2.24) is 4.98 Å². The Hall–Kier alpha value is -1.08. The number of thiol groups is 1. The van der Waals surface area contributed by atoms with E-state index in [2.05, 4.69) is 22.8 Å². The Morgan fingerprint density at radius 2 is 2.50 bits per heavy atom. The SMILES string of the molecule is Nc1nc(C(=NO)C(=O)S)cs1. The van der Waals surface area contributed by atoms with Gasteiger partial charge in [-0.15, -0.1) is 11.3 Å². The maximum Gasteiger partial charge on any atom is 0.240 e. The molecule has 1 heterocycles. The van der Waals surface area contributed by atoms with Gasteiger partial charge in [0.1, 0.15) is 5.69 Å². The van der Waals surface area contributed by atoms with Crippen LogP contribution in [0.2, 0.25) is 0 Å². The summed E-state index contributed by atoms with van der Waals surface area (Å²) in [5, 5.41) is 12.3. The van der Waals surface area contributed by atoms with E-state index in [9.17, 15) is 4.79 Å². The largest absolute Gasteiger partial charge is 0.410 e. The van der Waals surface area contributed by atoms with Gasteiger partial charge in [-0.05, 0) is 0 Å². The molecule has 0 bridgehead atoms. The van der Waals surface area contributed by atoms with Crippen molar-refractivity contribution in [1.29, 1.82) is 0 Å². The van der Waals surface area contributed by atoms with E-state index in [1.807, 2.05) is 0 Å². The number of nitrogen functional groups attached to an aromatic ring is 1. The van der Waals surface area contributed by atoms with Crippen LogP contribution < -0.4 is 5.73 Å². The number of hydrogen-bond acceptors (Lipinski definition) is 6. The van der Waals surface area contributed by atoms with Crippen molar-refractivity contribution in [2.24, 2.45) is 5.16 Å². The Kier molecular flexibility index (Phi) is 2.66. The third kappa shape index (κ3) is 1.74. The first-order valence-corrected chi connectivity index (χ1v) is 4.14. The molecule has 0 radical (unpaired) electrons. The highest BCUT2D eigenvalue weighted by Crippen LogP contribution is 2.12. The molecule has 7 heteroatoms. The van der Waals surface area contributed by atoms with E-state index in [-0.39, 0.29) is 11.4 Å². The zero-order chi connectivity index (χ0) is 9.14. The van der Waals surface area contributed by atoms with Crippen LogP contribution in [0, 0.1) is 0 Å². The molecule has 0 spiro atoms. The molecule has 64 valence electrons. The molecule has 0 amide bonds. The summed E-state index contributed by atoms with van der Waals surface area (Å²) < 4.78 is 0. The van der Waals surface area contributed by atoms with Crippen molar-refractivity contribution in [3.63, 3.8) is 0 Å². The van der Waals surface area contributed by atoms with Crippen molar-refractivity contribution >= 4 is 39.9 Å². The Morgan fingerprint density at radius 1 is 1.83 bits per heavy atom. The van der Waals surface area contributed by atoms with Crippen LogP contribution in [0.3, 0.4) is 0 Å². The molecule has 0 unspecified atom stereocenters. The first kappa shape index (κ1) is 9.01. The van der Waals surface area contributed by atoms with Crippen LogP contribution in [-0.4, -0.2) is 21.0 Å². The summed E-state index contributed by atoms with van der Waals surface area (Å²) in [5.41, 5.74) is 5.34. The van der Waals surface area contributed by atoms with Gasteiger partial charge in [0.2, 0.25) is 5.12 Å². The third-order valence-electron chi connectivity index (χ3n) is 1.07. The molecule has 1 rings (SSSR count). The highest BCUT2D eigenvalue weighted by atomic mass is 32.1. The predicted molar refractivity (Wildman–Crippen MR) is 48.8 cm³/mol. The normalized spacial score (nSPS) is 11.6. The maximum absolute atomic E-state index is 10.7. The predicted octanol–water partition coefficient (Wildman–Crippen LogP) is 0.360. The van der Waals surface area contributed by atoms with Gasteiger partial charge in [0.15, 0.2) is 10.8 Å². The number of carbonyl (C=O) groups excluding carboxylic acids is 1. The molecule has 5 nitrogen and oxygen atoms in total. The summed E-state index contributed by atoms with van der Waals surface area (Å²) in [6.07, 6.45) is 0. The van der Waals surface area contributed by atoms with Crippen molar-refractivity contribution in [2.45, 2.75) is 0 Å². The highest BCUT2D eigenvalue weighted by Gasteiger charge is 2.13. The lowest BCUT2D eigenvalue weighted by Crippen LogP contribution is -2.09. The van der Waals surface area contributed by atoms with Crippen LogP contribution in [-0.2, 0) is 4.79 Å². The fraction of sp³-hybridized carbons (Fsp3) is 0. The molecule has 0 saturated carbocycles. The summed E-state index contributed by atoms with van der Waals surface area (Å²) >= 11 is 4.64. The lowest BCUT2D eigenvalue weighted by atomic mass is 10.3. The Bertz CT molecular complexity index is 333. The minimum atomic E-state index is -0.650. The van der Waals surface area contributed by atoms with E-state index in [1.165, 1.54) is 5.38 Å². The smallest absolute Gasteiger partial charge is 0.240 e. The van der Waals surface area contributed by atoms with E-state index >= 15 is 0 Å². The summed E-state index contributed by atoms with van der Waals surface area (Å²) in [7, 11) is 0. The molecule has 0 aliphatic rings. The quantitative estimate of drug-likeness (QED) is 0.280. The number of oxime groups is 1. The first-order valence-electron chi connectivity index (χ1n) is 2.82. The second-order valence-electron chi connectivity index (χ2n) is 1.82. The summed E-state index contributed by atoms with van der Waals surface area (Å²) in [6, 6.07) is 0. The van der Waals surface area contributed by atoms with Gasteiger partial charge in [-0.1, -0.05) is 17.8 Å². The van der Waals surface area contributed by atoms with Gasteiger partial charge in [0.25, 0.3) is 0 Å². The van der Waals surface area contributed by atoms with Crippen LogP contribution in [0.25, 0.3) is 0 Å². The average molecular weight is 203 g/mol. The monoisotopic (exact) mass is 203 g/mol. The molecule has 12 heavy (non-hydrogen) atoms. The highest BCUT2D eigenvalue weighted by molar-refractivity contribution is 7.99. The van der Waals surface area contributed by atoms with E-state index in [0.717, 1.165) is 11.3 Å². The second kappa shape index (κ2) is 3.55. The van der Waals surface area contributed by atoms with E-state index in [4.69, 9.17) is 10.9 Å². The lowest BCUT2D eigenvalue weighted by Gasteiger charge is -1.91. The molecule has 1 aromatic rings. The first-order chi connectivity index (χ1) is 5.65. The zero-order valence-corrected chi connectivity index (χ0v) is 7.47. The third-order valence-corrected chi connectivity index (χ3v) is 1.95. The molecule has 3 N–H and O–H groups in total. The Balaban J connectivity index is 3.04. The topological polar surface area (TPSA) is 88.6 Å². The van der Waals surface area contributed by atoms with E-state index in [0.29, 0.717) is 5.13 Å². The van der Waals surface area contributed by atoms with Crippen molar-refractivity contribution in [3.8, 4) is 0 Å². The van der Waals surface area contributed by atoms with Gasteiger partial charge in [0, 0.05) is 5.38 Å². The maximum atomic E-state index is 10.7. The average Bonchev–Trinajstić information content (AvgIpc) is 2.37. The molecule has 0 aromatic carbocycles. The number of rotatable bonds is 2. The number of aromatic nitrogens is 1. The summed E-state index contributed by atoms with van der Waals surface area (Å²) in [4.78, 5) is 14.4. The van der Waals surface area contributed by atoms with Crippen LogP contribution >= 0.6 is 24.0 Å². The minimum Gasteiger partial charge on any atom is -0.410 e. The summed E-state index contributed by atoms with van der Waals surface area (Å²) in [6.45, 7) is 0. The molecule has 1 aromatic heterocycles. The van der Waals surface area contributed by atoms with Crippen molar-refractivity contribution < 1.29 is 10.0 Å². The number of thiazole rings is 1. The standard InChI is InChI=1S/C5H5N3O2S2/c6-5-7-2(1-12-5)3(8-10)4(9)11/h1,10H,(H2,6,7)(H,9,11). The number of hydrogen-bond donors (Lipinski definition) is 3. The second-order valence-corrected chi connectivity index (χ2v) is 3.12. The molecule has 0 atom stereocenters.